The van der Waals surface area contributed by atoms with Gasteiger partial charge < -0.3 is 9.47 Å². The highest BCUT2D eigenvalue weighted by Crippen LogP contribution is 2.09. The molecule has 118 valence electrons. The molecule has 4 nitrogen and oxygen atoms in total. The molecule has 0 aromatic carbocycles. The number of hydrogen-bond acceptors (Lipinski definition) is 4. The monoisotopic (exact) mass is 318 g/mol. The smallest absolute Gasteiger partial charge is 0.306 e. The zero-order valence-electron chi connectivity index (χ0n) is 13.9. The Bertz CT molecular complexity index is 284. The number of ether oxygens (including phenoxy) is 2. The van der Waals surface area contributed by atoms with E-state index in [4.69, 9.17) is 9.47 Å². The van der Waals surface area contributed by atoms with Crippen LogP contribution in [0.1, 0.15) is 12.8 Å². The Hall–Kier alpha value is -0.626. The quantitative estimate of drug-likeness (QED) is 0.482. The SMILES string of the molecule is C[Si](C)(C)CCOC(=O)CCC(=O)OCC[Si](C)(C)C. The van der Waals surface area contributed by atoms with E-state index in [-0.39, 0.29) is 24.8 Å². The van der Waals surface area contributed by atoms with Gasteiger partial charge in [-0.25, -0.2) is 0 Å². The molecule has 0 amide bonds. The van der Waals surface area contributed by atoms with Crippen LogP contribution in [0.3, 0.4) is 0 Å². The highest BCUT2D eigenvalue weighted by atomic mass is 28.3. The van der Waals surface area contributed by atoms with E-state index >= 15 is 0 Å². The molecule has 0 atom stereocenters. The fourth-order valence-corrected chi connectivity index (χ4v) is 2.72. The predicted molar refractivity (Wildman–Crippen MR) is 87.5 cm³/mol. The molecule has 0 unspecified atom stereocenters. The average molecular weight is 319 g/mol. The molecule has 0 fully saturated rings. The van der Waals surface area contributed by atoms with E-state index in [1.165, 1.54) is 0 Å². The van der Waals surface area contributed by atoms with Crippen LogP contribution in [0.4, 0.5) is 0 Å². The van der Waals surface area contributed by atoms with Crippen LogP contribution >= 0.6 is 0 Å². The van der Waals surface area contributed by atoms with Crippen LogP contribution in [-0.4, -0.2) is 41.3 Å². The lowest BCUT2D eigenvalue weighted by Gasteiger charge is -2.16. The minimum absolute atomic E-state index is 0.122. The zero-order valence-corrected chi connectivity index (χ0v) is 15.9. The summed E-state index contributed by atoms with van der Waals surface area (Å²) in [5, 5.41) is 0. The first-order valence-corrected chi connectivity index (χ1v) is 14.7. The minimum Gasteiger partial charge on any atom is -0.466 e. The molecule has 0 bridgehead atoms. The molecular weight excluding hydrogens is 288 g/mol. The van der Waals surface area contributed by atoms with E-state index in [1.54, 1.807) is 0 Å². The van der Waals surface area contributed by atoms with Crippen molar-refractivity contribution in [3.63, 3.8) is 0 Å². The lowest BCUT2D eigenvalue weighted by Crippen LogP contribution is -2.23. The Kier molecular flexibility index (Phi) is 8.34. The van der Waals surface area contributed by atoms with Gasteiger partial charge in [0.15, 0.2) is 0 Å². The van der Waals surface area contributed by atoms with Crippen molar-refractivity contribution < 1.29 is 19.1 Å². The molecule has 0 aromatic rings. The largest absolute Gasteiger partial charge is 0.466 e. The van der Waals surface area contributed by atoms with E-state index in [9.17, 15) is 9.59 Å². The minimum atomic E-state index is -1.17. The van der Waals surface area contributed by atoms with Crippen molar-refractivity contribution in [2.45, 2.75) is 64.2 Å². The van der Waals surface area contributed by atoms with Crippen LogP contribution in [0.5, 0.6) is 0 Å². The highest BCUT2D eigenvalue weighted by molar-refractivity contribution is 6.76. The van der Waals surface area contributed by atoms with Gasteiger partial charge in [0.25, 0.3) is 0 Å². The van der Waals surface area contributed by atoms with Gasteiger partial charge in [-0.05, 0) is 12.1 Å². The molecular formula is C14H30O4Si2. The molecule has 0 heterocycles. The lowest BCUT2D eigenvalue weighted by molar-refractivity contribution is -0.149. The molecule has 0 aromatic heterocycles. The van der Waals surface area contributed by atoms with Crippen molar-refractivity contribution >= 4 is 28.1 Å². The Morgan fingerprint density at radius 2 is 1.00 bits per heavy atom. The Morgan fingerprint density at radius 3 is 1.25 bits per heavy atom. The molecule has 0 N–H and O–H groups in total. The standard InChI is InChI=1S/C14H30O4Si2/c1-19(2,3)11-9-17-13(15)7-8-14(16)18-10-12-20(4,5)6/h7-12H2,1-6H3. The molecule has 6 heteroatoms. The van der Waals surface area contributed by atoms with Gasteiger partial charge >= 0.3 is 11.9 Å². The maximum absolute atomic E-state index is 11.5. The molecule has 0 spiro atoms. The summed E-state index contributed by atoms with van der Waals surface area (Å²) < 4.78 is 10.2. The number of rotatable bonds is 9. The summed E-state index contributed by atoms with van der Waals surface area (Å²) in [6.07, 6.45) is 0.245. The summed E-state index contributed by atoms with van der Waals surface area (Å²) in [6, 6.07) is 1.92. The molecule has 0 aliphatic rings. The average Bonchev–Trinajstić information content (AvgIpc) is 2.22. The van der Waals surface area contributed by atoms with Crippen molar-refractivity contribution in [2.24, 2.45) is 0 Å². The summed E-state index contributed by atoms with van der Waals surface area (Å²) in [6.45, 7) is 14.3. The second-order valence-corrected chi connectivity index (χ2v) is 18.8. The number of carbonyl (C=O) groups excluding carboxylic acids is 2. The first-order chi connectivity index (χ1) is 8.99. The van der Waals surface area contributed by atoms with Gasteiger partial charge in [-0.3, -0.25) is 9.59 Å². The van der Waals surface area contributed by atoms with Crippen molar-refractivity contribution in [3.05, 3.63) is 0 Å². The van der Waals surface area contributed by atoms with Gasteiger partial charge in [0, 0.05) is 16.1 Å². The van der Waals surface area contributed by atoms with E-state index < -0.39 is 16.1 Å². The number of hydrogen-bond donors (Lipinski definition) is 0. The van der Waals surface area contributed by atoms with E-state index in [1.807, 2.05) is 0 Å². The van der Waals surface area contributed by atoms with Crippen molar-refractivity contribution in [3.8, 4) is 0 Å². The van der Waals surface area contributed by atoms with Crippen molar-refractivity contribution in [1.29, 1.82) is 0 Å². The Balaban J connectivity index is 3.66. The molecule has 0 saturated carbocycles. The second kappa shape index (κ2) is 8.61. The van der Waals surface area contributed by atoms with Crippen molar-refractivity contribution in [1.82, 2.24) is 0 Å². The first kappa shape index (κ1) is 19.4. The topological polar surface area (TPSA) is 52.6 Å². The van der Waals surface area contributed by atoms with Crippen LogP contribution in [0.25, 0.3) is 0 Å². The van der Waals surface area contributed by atoms with E-state index in [0.29, 0.717) is 13.2 Å². The first-order valence-electron chi connectivity index (χ1n) is 7.31. The maximum Gasteiger partial charge on any atom is 0.306 e. The van der Waals surface area contributed by atoms with Crippen LogP contribution in [-0.2, 0) is 19.1 Å². The predicted octanol–water partition coefficient (Wildman–Crippen LogP) is 3.53. The van der Waals surface area contributed by atoms with Crippen LogP contribution in [0.2, 0.25) is 51.4 Å². The second-order valence-electron chi connectivity index (χ2n) is 7.56. The molecule has 20 heavy (non-hydrogen) atoms. The summed E-state index contributed by atoms with van der Waals surface area (Å²) in [5.41, 5.74) is 0. The van der Waals surface area contributed by atoms with Gasteiger partial charge in [0.05, 0.1) is 26.1 Å². The fraction of sp³-hybridized carbons (Fsp3) is 0.857. The van der Waals surface area contributed by atoms with Crippen LogP contribution in [0, 0.1) is 0 Å². The normalized spacial score (nSPS) is 12.1. The van der Waals surface area contributed by atoms with Gasteiger partial charge in [-0.15, -0.1) is 0 Å². The molecule has 0 radical (unpaired) electrons. The Labute approximate surface area is 125 Å². The maximum atomic E-state index is 11.5. The highest BCUT2D eigenvalue weighted by Gasteiger charge is 2.16. The molecule has 0 aliphatic heterocycles. The lowest BCUT2D eigenvalue weighted by atomic mass is 10.3. The van der Waals surface area contributed by atoms with Gasteiger partial charge in [-0.2, -0.15) is 0 Å². The summed E-state index contributed by atoms with van der Waals surface area (Å²) in [5.74, 6) is -0.601. The fourth-order valence-electron chi connectivity index (χ4n) is 1.29. The van der Waals surface area contributed by atoms with Gasteiger partial charge in [-0.1, -0.05) is 39.3 Å². The molecule has 0 aliphatic carbocycles. The number of carbonyl (C=O) groups is 2. The van der Waals surface area contributed by atoms with Crippen molar-refractivity contribution in [2.75, 3.05) is 13.2 Å². The molecule has 0 saturated heterocycles. The van der Waals surface area contributed by atoms with E-state index in [0.717, 1.165) is 12.1 Å². The zero-order chi connectivity index (χ0) is 15.8. The van der Waals surface area contributed by atoms with Gasteiger partial charge in [0.1, 0.15) is 0 Å². The Morgan fingerprint density at radius 1 is 0.700 bits per heavy atom. The third-order valence-electron chi connectivity index (χ3n) is 2.76. The van der Waals surface area contributed by atoms with E-state index in [2.05, 4.69) is 39.3 Å². The third kappa shape index (κ3) is 13.8. The summed E-state index contributed by atoms with van der Waals surface area (Å²) >= 11 is 0. The van der Waals surface area contributed by atoms with Gasteiger partial charge in [0.2, 0.25) is 0 Å². The number of esters is 2. The summed E-state index contributed by atoms with van der Waals surface area (Å²) in [4.78, 5) is 22.9. The van der Waals surface area contributed by atoms with Crippen LogP contribution < -0.4 is 0 Å². The third-order valence-corrected chi connectivity index (χ3v) is 6.17. The molecule has 0 rings (SSSR count). The summed E-state index contributed by atoms with van der Waals surface area (Å²) in [7, 11) is -2.34. The van der Waals surface area contributed by atoms with Crippen LogP contribution in [0.15, 0.2) is 0 Å².